The van der Waals surface area contributed by atoms with Crippen molar-refractivity contribution >= 4 is 35.7 Å². The molecule has 0 atom stereocenters. The minimum atomic E-state index is -0.344. The van der Waals surface area contributed by atoms with Gasteiger partial charge in [-0.3, -0.25) is 19.6 Å². The zero-order valence-corrected chi connectivity index (χ0v) is 34.6. The van der Waals surface area contributed by atoms with Crippen molar-refractivity contribution in [3.63, 3.8) is 0 Å². The minimum Gasteiger partial charge on any atom is -0.465 e. The number of aliphatic imine (C=N–C) groups is 2. The summed E-state index contributed by atoms with van der Waals surface area (Å²) in [6.45, 7) is 13.3. The molecule has 0 aliphatic heterocycles. The number of rotatable bonds is 30. The van der Waals surface area contributed by atoms with E-state index in [2.05, 4.69) is 48.1 Å². The van der Waals surface area contributed by atoms with Crippen LogP contribution in [0.2, 0.25) is 0 Å². The lowest BCUT2D eigenvalue weighted by molar-refractivity contribution is -0.146. The molecule has 2 rings (SSSR count). The molecule has 53 heavy (non-hydrogen) atoms. The van der Waals surface area contributed by atoms with Gasteiger partial charge in [0.25, 0.3) is 0 Å². The van der Waals surface area contributed by atoms with Crippen LogP contribution in [-0.2, 0) is 25.5 Å². The molecule has 0 radical (unpaired) electrons. The molecular weight excluding hydrogens is 657 g/mol. The van der Waals surface area contributed by atoms with Crippen LogP contribution in [0.15, 0.2) is 58.5 Å². The van der Waals surface area contributed by atoms with Gasteiger partial charge in [0.1, 0.15) is 13.2 Å². The molecule has 0 spiro atoms. The van der Waals surface area contributed by atoms with E-state index in [4.69, 9.17) is 9.47 Å². The Hall–Kier alpha value is -3.28. The van der Waals surface area contributed by atoms with Gasteiger partial charge >= 0.3 is 11.9 Å². The van der Waals surface area contributed by atoms with E-state index in [0.29, 0.717) is 26.1 Å². The maximum Gasteiger partial charge on any atom is 0.305 e. The van der Waals surface area contributed by atoms with Crippen LogP contribution in [0.25, 0.3) is 0 Å². The standard InChI is InChI=1S/C47H74N2O4/c1-7-9-11-13-15-17-19-21-23-25-44(50)52-38-46(3,4)36-48-42-31-27-40(28-32-42)35-41-29-33-43(34-30-41)49-37-47(5,6)39-53-45(51)26-24-22-20-18-16-14-12-10-8-2/h27-34,36-37H,7-26,35,38-39H2,1-6H3/b48-36+,49-37+. The Balaban J connectivity index is 1.66. The maximum atomic E-state index is 12.3. The van der Waals surface area contributed by atoms with Gasteiger partial charge in [-0.05, 0) is 54.7 Å². The zero-order valence-electron chi connectivity index (χ0n) is 34.6. The largest absolute Gasteiger partial charge is 0.465 e. The summed E-state index contributed by atoms with van der Waals surface area (Å²) < 4.78 is 11.2. The Bertz CT molecular complexity index is 1210. The van der Waals surface area contributed by atoms with Gasteiger partial charge in [-0.2, -0.15) is 0 Å². The molecule has 0 unspecified atom stereocenters. The molecule has 0 bridgehead atoms. The average Bonchev–Trinajstić information content (AvgIpc) is 3.14. The van der Waals surface area contributed by atoms with Crippen LogP contribution in [0.4, 0.5) is 11.4 Å². The van der Waals surface area contributed by atoms with Gasteiger partial charge in [-0.25, -0.2) is 0 Å². The topological polar surface area (TPSA) is 77.3 Å². The predicted molar refractivity (Wildman–Crippen MR) is 225 cm³/mol. The molecule has 0 aliphatic carbocycles. The van der Waals surface area contributed by atoms with Crippen LogP contribution >= 0.6 is 0 Å². The molecule has 0 aromatic heterocycles. The lowest BCUT2D eigenvalue weighted by atomic mass is 9.97. The average molecular weight is 731 g/mol. The number of ether oxygens (including phenoxy) is 2. The normalized spacial score (nSPS) is 12.2. The van der Waals surface area contributed by atoms with E-state index >= 15 is 0 Å². The Morgan fingerprint density at radius 1 is 0.491 bits per heavy atom. The first-order valence-corrected chi connectivity index (χ1v) is 21.1. The molecule has 6 heteroatoms. The lowest BCUT2D eigenvalue weighted by Gasteiger charge is -2.19. The summed E-state index contributed by atoms with van der Waals surface area (Å²) in [7, 11) is 0. The fourth-order valence-corrected chi connectivity index (χ4v) is 6.05. The van der Waals surface area contributed by atoms with Gasteiger partial charge in [0.15, 0.2) is 0 Å². The first kappa shape index (κ1) is 45.9. The highest BCUT2D eigenvalue weighted by atomic mass is 16.5. The highest BCUT2D eigenvalue weighted by Crippen LogP contribution is 2.22. The highest BCUT2D eigenvalue weighted by Gasteiger charge is 2.19. The van der Waals surface area contributed by atoms with E-state index in [1.165, 1.54) is 101 Å². The Morgan fingerprint density at radius 3 is 1.11 bits per heavy atom. The summed E-state index contributed by atoms with van der Waals surface area (Å²) in [5.74, 6) is -0.223. The van der Waals surface area contributed by atoms with E-state index in [-0.39, 0.29) is 22.8 Å². The van der Waals surface area contributed by atoms with Gasteiger partial charge in [0.05, 0.1) is 11.4 Å². The molecule has 2 aromatic carbocycles. The van der Waals surface area contributed by atoms with Crippen molar-refractivity contribution in [2.45, 2.75) is 176 Å². The third-order valence-electron chi connectivity index (χ3n) is 9.59. The number of hydrogen-bond donors (Lipinski definition) is 0. The second kappa shape index (κ2) is 27.3. The fourth-order valence-electron chi connectivity index (χ4n) is 6.05. The van der Waals surface area contributed by atoms with Crippen molar-refractivity contribution < 1.29 is 19.1 Å². The quantitative estimate of drug-likeness (QED) is 0.0455. The van der Waals surface area contributed by atoms with Gasteiger partial charge in [-0.15, -0.1) is 0 Å². The van der Waals surface area contributed by atoms with E-state index in [9.17, 15) is 9.59 Å². The zero-order chi connectivity index (χ0) is 38.6. The van der Waals surface area contributed by atoms with Crippen LogP contribution in [0.1, 0.15) is 181 Å². The number of nitrogens with zero attached hydrogens (tertiary/aromatic N) is 2. The monoisotopic (exact) mass is 731 g/mol. The highest BCUT2D eigenvalue weighted by molar-refractivity contribution is 5.73. The number of unbranched alkanes of at least 4 members (excludes halogenated alkanes) is 16. The summed E-state index contributed by atoms with van der Waals surface area (Å²) in [6, 6.07) is 16.5. The maximum absolute atomic E-state index is 12.3. The molecule has 0 aliphatic rings. The van der Waals surface area contributed by atoms with E-state index < -0.39 is 0 Å². The van der Waals surface area contributed by atoms with E-state index in [0.717, 1.165) is 43.5 Å². The molecule has 0 fully saturated rings. The third kappa shape index (κ3) is 23.9. The number of carbonyl (C=O) groups is 2. The molecule has 0 amide bonds. The van der Waals surface area contributed by atoms with Gasteiger partial charge < -0.3 is 9.47 Å². The second-order valence-corrected chi connectivity index (χ2v) is 16.5. The minimum absolute atomic E-state index is 0.111. The molecule has 0 heterocycles. The summed E-state index contributed by atoms with van der Waals surface area (Å²) in [6.07, 6.45) is 27.8. The summed E-state index contributed by atoms with van der Waals surface area (Å²) in [5, 5.41) is 0. The van der Waals surface area contributed by atoms with Crippen LogP contribution in [0, 0.1) is 10.8 Å². The number of benzene rings is 2. The smallest absolute Gasteiger partial charge is 0.305 e. The predicted octanol–water partition coefficient (Wildman–Crippen LogP) is 13.7. The summed E-state index contributed by atoms with van der Waals surface area (Å²) in [4.78, 5) is 33.9. The second-order valence-electron chi connectivity index (χ2n) is 16.5. The Labute approximate surface area is 324 Å². The molecular formula is C47H74N2O4. The fraction of sp³-hybridized carbons (Fsp3) is 0.660. The Kier molecular flexibility index (Phi) is 23.7. The van der Waals surface area contributed by atoms with Crippen molar-refractivity contribution in [3.05, 3.63) is 59.7 Å². The van der Waals surface area contributed by atoms with Crippen molar-refractivity contribution in [1.29, 1.82) is 0 Å². The van der Waals surface area contributed by atoms with Crippen LogP contribution in [0.5, 0.6) is 0 Å². The van der Waals surface area contributed by atoms with E-state index in [1.54, 1.807) is 0 Å². The van der Waals surface area contributed by atoms with Crippen LogP contribution in [-0.4, -0.2) is 37.6 Å². The van der Waals surface area contributed by atoms with Crippen LogP contribution < -0.4 is 0 Å². The first-order chi connectivity index (χ1) is 25.5. The number of carbonyl (C=O) groups excluding carboxylic acids is 2. The van der Waals surface area contributed by atoms with E-state index in [1.807, 2.05) is 64.4 Å². The summed E-state index contributed by atoms with van der Waals surface area (Å²) in [5.41, 5.74) is 3.48. The molecule has 296 valence electrons. The Morgan fingerprint density at radius 2 is 0.792 bits per heavy atom. The molecule has 2 aromatic rings. The number of hydrogen-bond acceptors (Lipinski definition) is 6. The molecule has 0 saturated carbocycles. The number of esters is 2. The lowest BCUT2D eigenvalue weighted by Crippen LogP contribution is -2.23. The molecule has 6 nitrogen and oxygen atoms in total. The van der Waals surface area contributed by atoms with Crippen LogP contribution in [0.3, 0.4) is 0 Å². The van der Waals surface area contributed by atoms with Crippen molar-refractivity contribution in [3.8, 4) is 0 Å². The van der Waals surface area contributed by atoms with Crippen molar-refractivity contribution in [1.82, 2.24) is 0 Å². The van der Waals surface area contributed by atoms with Gasteiger partial charge in [0, 0.05) is 36.1 Å². The summed E-state index contributed by atoms with van der Waals surface area (Å²) >= 11 is 0. The molecule has 0 saturated heterocycles. The van der Waals surface area contributed by atoms with Crippen molar-refractivity contribution in [2.75, 3.05) is 13.2 Å². The third-order valence-corrected chi connectivity index (χ3v) is 9.59. The van der Waals surface area contributed by atoms with Gasteiger partial charge in [0.2, 0.25) is 0 Å². The van der Waals surface area contributed by atoms with Crippen molar-refractivity contribution in [2.24, 2.45) is 20.8 Å². The molecule has 0 N–H and O–H groups in total. The first-order valence-electron chi connectivity index (χ1n) is 21.1. The SMILES string of the molecule is CCCCCCCCCCCC(=O)OCC(C)(C)/C=N/c1ccc(Cc2ccc(/N=C/C(C)(C)COC(=O)CCCCCCCCCCC)cc2)cc1. The van der Waals surface area contributed by atoms with Gasteiger partial charge in [-0.1, -0.05) is 169 Å².